The molecule has 0 unspecified atom stereocenters. The summed E-state index contributed by atoms with van der Waals surface area (Å²) in [5, 5.41) is 0. The largest absolute Gasteiger partial charge is 0.252 e. The third kappa shape index (κ3) is 4.63. The second-order valence-corrected chi connectivity index (χ2v) is 4.76. The number of nitrogens with one attached hydrogen (secondary N) is 2. The molecule has 0 radical (unpaired) electrons. The van der Waals surface area contributed by atoms with Crippen molar-refractivity contribution in [3.63, 3.8) is 0 Å². The minimum atomic E-state index is 0.186. The topological polar surface area (TPSA) is 24.1 Å². The first-order valence-electron chi connectivity index (χ1n) is 5.43. The normalized spacial score (nSPS) is 13.4. The van der Waals surface area contributed by atoms with Gasteiger partial charge in [-0.05, 0) is 40.0 Å². The van der Waals surface area contributed by atoms with Crippen molar-refractivity contribution >= 4 is 0 Å². The van der Waals surface area contributed by atoms with Crippen LogP contribution in [0.25, 0.3) is 0 Å². The summed E-state index contributed by atoms with van der Waals surface area (Å²) in [6, 6.07) is 0. The quantitative estimate of drug-likeness (QED) is 0.623. The molecule has 0 aromatic rings. The highest BCUT2D eigenvalue weighted by molar-refractivity contribution is 4.81. The molecular weight excluding hydrogens is 160 g/mol. The van der Waals surface area contributed by atoms with Gasteiger partial charge in [-0.25, -0.2) is 0 Å². The minimum absolute atomic E-state index is 0.186. The van der Waals surface area contributed by atoms with Crippen molar-refractivity contribution in [3.8, 4) is 0 Å². The van der Waals surface area contributed by atoms with Gasteiger partial charge in [-0.2, -0.15) is 0 Å². The summed E-state index contributed by atoms with van der Waals surface area (Å²) >= 11 is 0. The summed E-state index contributed by atoms with van der Waals surface area (Å²) in [6.45, 7) is 13.3. The zero-order valence-electron chi connectivity index (χ0n) is 10.1. The smallest absolute Gasteiger partial charge is 0.0290 e. The molecule has 2 heteroatoms. The van der Waals surface area contributed by atoms with Crippen LogP contribution in [-0.2, 0) is 0 Å². The Bertz CT molecular complexity index is 137. The average molecular weight is 186 g/mol. The molecule has 2 nitrogen and oxygen atoms in total. The van der Waals surface area contributed by atoms with Crippen LogP contribution in [0.15, 0.2) is 0 Å². The fourth-order valence-electron chi connectivity index (χ4n) is 0.835. The fourth-order valence-corrected chi connectivity index (χ4v) is 0.835. The number of hydrogen-bond acceptors (Lipinski definition) is 2. The molecule has 0 rings (SSSR count). The minimum Gasteiger partial charge on any atom is -0.252 e. The summed E-state index contributed by atoms with van der Waals surface area (Å²) in [7, 11) is 0. The predicted octanol–water partition coefficient (Wildman–Crippen LogP) is 2.85. The van der Waals surface area contributed by atoms with Gasteiger partial charge in [0.25, 0.3) is 0 Å². The van der Waals surface area contributed by atoms with E-state index in [1.54, 1.807) is 0 Å². The lowest BCUT2D eigenvalue weighted by Gasteiger charge is -2.34. The van der Waals surface area contributed by atoms with E-state index in [2.05, 4.69) is 52.4 Å². The van der Waals surface area contributed by atoms with Crippen molar-refractivity contribution in [2.75, 3.05) is 0 Å². The maximum atomic E-state index is 3.44. The molecule has 0 aromatic carbocycles. The van der Waals surface area contributed by atoms with Gasteiger partial charge in [-0.3, -0.25) is 10.9 Å². The van der Waals surface area contributed by atoms with Crippen LogP contribution in [0.1, 0.15) is 60.8 Å². The van der Waals surface area contributed by atoms with Crippen molar-refractivity contribution in [1.29, 1.82) is 0 Å². The zero-order valence-corrected chi connectivity index (χ0v) is 10.1. The Kier molecular flexibility index (Phi) is 4.93. The lowest BCUT2D eigenvalue weighted by atomic mass is 9.96. The molecular formula is C11H26N2. The van der Waals surface area contributed by atoms with Crippen LogP contribution in [0, 0.1) is 0 Å². The Balaban J connectivity index is 3.99. The first-order valence-corrected chi connectivity index (χ1v) is 5.43. The molecule has 0 fully saturated rings. The third-order valence-electron chi connectivity index (χ3n) is 3.15. The van der Waals surface area contributed by atoms with Crippen LogP contribution < -0.4 is 10.9 Å². The Labute approximate surface area is 83.5 Å². The van der Waals surface area contributed by atoms with Crippen LogP contribution in [0.3, 0.4) is 0 Å². The number of rotatable bonds is 6. The van der Waals surface area contributed by atoms with E-state index in [9.17, 15) is 0 Å². The van der Waals surface area contributed by atoms with Gasteiger partial charge in [0, 0.05) is 11.1 Å². The molecule has 0 saturated heterocycles. The van der Waals surface area contributed by atoms with Crippen LogP contribution in [0.5, 0.6) is 0 Å². The molecule has 0 saturated carbocycles. The summed E-state index contributed by atoms with van der Waals surface area (Å²) < 4.78 is 0. The zero-order chi connectivity index (χ0) is 10.5. The van der Waals surface area contributed by atoms with Gasteiger partial charge in [0.2, 0.25) is 0 Å². The van der Waals surface area contributed by atoms with Crippen molar-refractivity contribution < 1.29 is 0 Å². The van der Waals surface area contributed by atoms with Gasteiger partial charge in [0.05, 0.1) is 0 Å². The van der Waals surface area contributed by atoms with Gasteiger partial charge < -0.3 is 0 Å². The van der Waals surface area contributed by atoms with Gasteiger partial charge >= 0.3 is 0 Å². The lowest BCUT2D eigenvalue weighted by molar-refractivity contribution is 0.217. The summed E-state index contributed by atoms with van der Waals surface area (Å²) in [6.07, 6.45) is 3.43. The van der Waals surface area contributed by atoms with E-state index in [0.29, 0.717) is 0 Å². The van der Waals surface area contributed by atoms with E-state index in [-0.39, 0.29) is 11.1 Å². The van der Waals surface area contributed by atoms with Crippen LogP contribution in [0.2, 0.25) is 0 Å². The average Bonchev–Trinajstić information content (AvgIpc) is 2.14. The van der Waals surface area contributed by atoms with Crippen molar-refractivity contribution in [3.05, 3.63) is 0 Å². The fraction of sp³-hybridized carbons (Fsp3) is 1.00. The molecule has 0 atom stereocenters. The summed E-state index contributed by atoms with van der Waals surface area (Å²) in [4.78, 5) is 0. The van der Waals surface area contributed by atoms with Gasteiger partial charge in [-0.1, -0.05) is 20.8 Å². The predicted molar refractivity (Wildman–Crippen MR) is 59.6 cm³/mol. The van der Waals surface area contributed by atoms with E-state index in [0.717, 1.165) is 19.3 Å². The molecule has 0 amide bonds. The first kappa shape index (κ1) is 12.9. The van der Waals surface area contributed by atoms with Crippen molar-refractivity contribution in [1.82, 2.24) is 10.9 Å². The Morgan fingerprint density at radius 3 is 1.54 bits per heavy atom. The van der Waals surface area contributed by atoms with Gasteiger partial charge in [0.15, 0.2) is 0 Å². The van der Waals surface area contributed by atoms with E-state index >= 15 is 0 Å². The van der Waals surface area contributed by atoms with E-state index in [1.165, 1.54) is 0 Å². The van der Waals surface area contributed by atoms with E-state index in [4.69, 9.17) is 0 Å². The van der Waals surface area contributed by atoms with E-state index in [1.807, 2.05) is 0 Å². The molecule has 13 heavy (non-hydrogen) atoms. The third-order valence-corrected chi connectivity index (χ3v) is 3.15. The second-order valence-electron chi connectivity index (χ2n) is 4.76. The molecule has 0 aliphatic carbocycles. The van der Waals surface area contributed by atoms with Gasteiger partial charge in [-0.15, -0.1) is 0 Å². The van der Waals surface area contributed by atoms with Gasteiger partial charge in [0.1, 0.15) is 0 Å². The number of hydrazine groups is 1. The first-order chi connectivity index (χ1) is 5.89. The monoisotopic (exact) mass is 186 g/mol. The lowest BCUT2D eigenvalue weighted by Crippen LogP contribution is -2.57. The van der Waals surface area contributed by atoms with E-state index < -0.39 is 0 Å². The SMILES string of the molecule is CCC(C)(C)NNC(C)(CC)CC. The summed E-state index contributed by atoms with van der Waals surface area (Å²) in [5.74, 6) is 0. The maximum absolute atomic E-state index is 3.44. The highest BCUT2D eigenvalue weighted by atomic mass is 15.4. The number of hydrogen-bond donors (Lipinski definition) is 2. The molecule has 2 N–H and O–H groups in total. The standard InChI is InChI=1S/C11H26N2/c1-7-10(4,5)12-13-11(6,8-2)9-3/h12-13H,7-9H2,1-6H3. The molecule has 0 aromatic heterocycles. The Hall–Kier alpha value is -0.0800. The molecule has 0 bridgehead atoms. The van der Waals surface area contributed by atoms with Crippen LogP contribution in [-0.4, -0.2) is 11.1 Å². The molecule has 80 valence electrons. The Morgan fingerprint density at radius 2 is 1.23 bits per heavy atom. The second kappa shape index (κ2) is 4.97. The maximum Gasteiger partial charge on any atom is 0.0290 e. The van der Waals surface area contributed by atoms with Crippen molar-refractivity contribution in [2.45, 2.75) is 71.9 Å². The molecule has 0 heterocycles. The molecule has 0 aliphatic heterocycles. The molecule has 0 spiro atoms. The van der Waals surface area contributed by atoms with Crippen LogP contribution in [0.4, 0.5) is 0 Å². The highest BCUT2D eigenvalue weighted by Gasteiger charge is 2.22. The molecule has 0 aliphatic rings. The Morgan fingerprint density at radius 1 is 0.769 bits per heavy atom. The highest BCUT2D eigenvalue weighted by Crippen LogP contribution is 2.14. The van der Waals surface area contributed by atoms with Crippen molar-refractivity contribution in [2.24, 2.45) is 0 Å². The summed E-state index contributed by atoms with van der Waals surface area (Å²) in [5.41, 5.74) is 7.25. The van der Waals surface area contributed by atoms with Crippen LogP contribution >= 0.6 is 0 Å².